The van der Waals surface area contributed by atoms with Crippen molar-refractivity contribution in [3.63, 3.8) is 0 Å². The summed E-state index contributed by atoms with van der Waals surface area (Å²) in [6.07, 6.45) is 1.67. The third-order valence-electron chi connectivity index (χ3n) is 3.57. The summed E-state index contributed by atoms with van der Waals surface area (Å²) >= 11 is 0. The van der Waals surface area contributed by atoms with Crippen molar-refractivity contribution in [2.24, 2.45) is 0 Å². The lowest BCUT2D eigenvalue weighted by molar-refractivity contribution is -0.124. The van der Waals surface area contributed by atoms with Gasteiger partial charge in [0.15, 0.2) is 0 Å². The minimum atomic E-state index is -0.756. The van der Waals surface area contributed by atoms with Crippen molar-refractivity contribution >= 4 is 24.0 Å². The molecule has 0 aromatic heterocycles. The largest absolute Gasteiger partial charge is 0.450 e. The molecule has 10 heteroatoms. The number of carbonyl (C=O) groups is 4. The van der Waals surface area contributed by atoms with Crippen LogP contribution in [0.4, 0.5) is 9.59 Å². The van der Waals surface area contributed by atoms with Gasteiger partial charge in [-0.15, -0.1) is 0 Å². The van der Waals surface area contributed by atoms with Crippen LogP contribution in [0.1, 0.15) is 52.9 Å². The zero-order valence-corrected chi connectivity index (χ0v) is 17.1. The second-order valence-corrected chi connectivity index (χ2v) is 5.95. The number of ether oxygens (including phenoxy) is 2. The van der Waals surface area contributed by atoms with Gasteiger partial charge in [0, 0.05) is 26.1 Å². The molecule has 0 aromatic carbocycles. The lowest BCUT2D eigenvalue weighted by Crippen LogP contribution is -2.48. The number of carbonyl (C=O) groups excluding carboxylic acids is 4. The minimum absolute atomic E-state index is 0.0629. The molecule has 1 unspecified atom stereocenters. The molecule has 0 spiro atoms. The van der Waals surface area contributed by atoms with Gasteiger partial charge < -0.3 is 30.7 Å². The Balaban J connectivity index is 4.30. The van der Waals surface area contributed by atoms with Crippen LogP contribution in [0, 0.1) is 0 Å². The third-order valence-corrected chi connectivity index (χ3v) is 3.57. The molecule has 4 amide bonds. The Labute approximate surface area is 166 Å². The standard InChI is InChI=1S/C18H34N4O6/c1-4-9-15(23)19-12-13-20-16(24)14(22-18(26)28-6-3)10-7-8-11-21-17(25)27-5-2/h14H,4-13H2,1-3H3,(H,19,23)(H,20,24)(H,21,25)(H,22,26). The highest BCUT2D eigenvalue weighted by Crippen LogP contribution is 2.02. The molecule has 0 bridgehead atoms. The molecule has 0 aromatic rings. The first-order valence-electron chi connectivity index (χ1n) is 9.82. The molecule has 28 heavy (non-hydrogen) atoms. The summed E-state index contributed by atoms with van der Waals surface area (Å²) in [5.74, 6) is -0.414. The maximum absolute atomic E-state index is 12.3. The molecule has 0 heterocycles. The predicted molar refractivity (Wildman–Crippen MR) is 104 cm³/mol. The summed E-state index contributed by atoms with van der Waals surface area (Å²) in [4.78, 5) is 46.6. The fourth-order valence-electron chi connectivity index (χ4n) is 2.26. The van der Waals surface area contributed by atoms with Crippen molar-refractivity contribution in [2.45, 2.75) is 58.9 Å². The molecule has 162 valence electrons. The summed E-state index contributed by atoms with van der Waals surface area (Å²) < 4.78 is 9.59. The summed E-state index contributed by atoms with van der Waals surface area (Å²) in [5, 5.41) is 10.5. The highest BCUT2D eigenvalue weighted by molar-refractivity contribution is 5.85. The Bertz CT molecular complexity index is 487. The average molecular weight is 402 g/mol. The number of nitrogens with one attached hydrogen (secondary N) is 4. The highest BCUT2D eigenvalue weighted by Gasteiger charge is 2.20. The van der Waals surface area contributed by atoms with E-state index in [1.165, 1.54) is 0 Å². The van der Waals surface area contributed by atoms with Gasteiger partial charge in [0.05, 0.1) is 13.2 Å². The zero-order chi connectivity index (χ0) is 21.2. The monoisotopic (exact) mass is 402 g/mol. The van der Waals surface area contributed by atoms with E-state index < -0.39 is 18.2 Å². The Morgan fingerprint density at radius 3 is 2.07 bits per heavy atom. The van der Waals surface area contributed by atoms with Gasteiger partial charge in [-0.1, -0.05) is 6.92 Å². The van der Waals surface area contributed by atoms with E-state index in [2.05, 4.69) is 21.3 Å². The van der Waals surface area contributed by atoms with Gasteiger partial charge in [0.2, 0.25) is 11.8 Å². The van der Waals surface area contributed by atoms with E-state index in [-0.39, 0.29) is 25.0 Å². The van der Waals surface area contributed by atoms with Crippen molar-refractivity contribution in [1.29, 1.82) is 0 Å². The molecule has 0 rings (SSSR count). The number of amides is 4. The molecular formula is C18H34N4O6. The van der Waals surface area contributed by atoms with Crippen molar-refractivity contribution in [3.8, 4) is 0 Å². The van der Waals surface area contributed by atoms with E-state index in [9.17, 15) is 19.2 Å². The van der Waals surface area contributed by atoms with Crippen LogP contribution in [-0.4, -0.2) is 62.9 Å². The SMILES string of the molecule is CCCC(=O)NCCNC(=O)C(CCCCNC(=O)OCC)NC(=O)OCC. The van der Waals surface area contributed by atoms with Gasteiger partial charge in [-0.05, 0) is 39.5 Å². The molecule has 10 nitrogen and oxygen atoms in total. The second-order valence-electron chi connectivity index (χ2n) is 5.95. The molecule has 0 aliphatic rings. The van der Waals surface area contributed by atoms with Crippen molar-refractivity contribution in [2.75, 3.05) is 32.8 Å². The molecule has 0 saturated heterocycles. The molecular weight excluding hydrogens is 368 g/mol. The van der Waals surface area contributed by atoms with Gasteiger partial charge in [-0.25, -0.2) is 9.59 Å². The molecule has 0 aliphatic heterocycles. The first-order chi connectivity index (χ1) is 13.4. The summed E-state index contributed by atoms with van der Waals surface area (Å²) in [5.41, 5.74) is 0. The van der Waals surface area contributed by atoms with E-state index >= 15 is 0 Å². The van der Waals surface area contributed by atoms with Gasteiger partial charge in [-0.2, -0.15) is 0 Å². The third kappa shape index (κ3) is 13.7. The predicted octanol–water partition coefficient (Wildman–Crippen LogP) is 1.05. The van der Waals surface area contributed by atoms with Crippen molar-refractivity contribution in [1.82, 2.24) is 21.3 Å². The number of rotatable bonds is 14. The average Bonchev–Trinajstić information content (AvgIpc) is 2.64. The Kier molecular flexibility index (Phi) is 15.1. The van der Waals surface area contributed by atoms with Crippen molar-refractivity contribution in [3.05, 3.63) is 0 Å². The van der Waals surface area contributed by atoms with Gasteiger partial charge in [0.25, 0.3) is 0 Å². The number of hydrogen-bond donors (Lipinski definition) is 4. The Morgan fingerprint density at radius 1 is 0.786 bits per heavy atom. The van der Waals surface area contributed by atoms with Gasteiger partial charge >= 0.3 is 12.2 Å². The summed E-state index contributed by atoms with van der Waals surface area (Å²) in [7, 11) is 0. The Hall–Kier alpha value is -2.52. The molecule has 0 saturated carbocycles. The van der Waals surface area contributed by atoms with E-state index in [4.69, 9.17) is 9.47 Å². The number of alkyl carbamates (subject to hydrolysis) is 2. The maximum Gasteiger partial charge on any atom is 0.407 e. The minimum Gasteiger partial charge on any atom is -0.450 e. The normalized spacial score (nSPS) is 11.1. The molecule has 1 atom stereocenters. The molecule has 4 N–H and O–H groups in total. The van der Waals surface area contributed by atoms with Crippen LogP contribution in [0.5, 0.6) is 0 Å². The lowest BCUT2D eigenvalue weighted by atomic mass is 10.1. The smallest absolute Gasteiger partial charge is 0.407 e. The van der Waals surface area contributed by atoms with E-state index in [1.54, 1.807) is 13.8 Å². The topological polar surface area (TPSA) is 135 Å². The zero-order valence-electron chi connectivity index (χ0n) is 17.1. The quantitative estimate of drug-likeness (QED) is 0.321. The van der Waals surface area contributed by atoms with Gasteiger partial charge in [-0.3, -0.25) is 9.59 Å². The fraction of sp³-hybridized carbons (Fsp3) is 0.778. The van der Waals surface area contributed by atoms with Crippen LogP contribution in [0.15, 0.2) is 0 Å². The highest BCUT2D eigenvalue weighted by atomic mass is 16.6. The van der Waals surface area contributed by atoms with Crippen LogP contribution in [0.2, 0.25) is 0 Å². The first-order valence-corrected chi connectivity index (χ1v) is 9.82. The van der Waals surface area contributed by atoms with Crippen LogP contribution in [0.3, 0.4) is 0 Å². The van der Waals surface area contributed by atoms with E-state index in [1.807, 2.05) is 6.92 Å². The molecule has 0 radical (unpaired) electrons. The Morgan fingerprint density at radius 2 is 1.43 bits per heavy atom. The summed E-state index contributed by atoms with van der Waals surface area (Å²) in [6.45, 7) is 6.81. The lowest BCUT2D eigenvalue weighted by Gasteiger charge is -2.18. The summed E-state index contributed by atoms with van der Waals surface area (Å²) in [6, 6.07) is -0.756. The fourth-order valence-corrected chi connectivity index (χ4v) is 2.26. The molecule has 0 aliphatic carbocycles. The molecule has 0 fully saturated rings. The van der Waals surface area contributed by atoms with E-state index in [0.717, 1.165) is 6.42 Å². The van der Waals surface area contributed by atoms with Gasteiger partial charge in [0.1, 0.15) is 6.04 Å². The van der Waals surface area contributed by atoms with Crippen LogP contribution in [0.25, 0.3) is 0 Å². The first kappa shape index (κ1) is 25.5. The maximum atomic E-state index is 12.3. The van der Waals surface area contributed by atoms with Crippen LogP contribution >= 0.6 is 0 Å². The van der Waals surface area contributed by atoms with E-state index in [0.29, 0.717) is 45.4 Å². The second kappa shape index (κ2) is 16.6. The number of unbranched alkanes of at least 4 members (excludes halogenated alkanes) is 1. The van der Waals surface area contributed by atoms with Crippen LogP contribution in [-0.2, 0) is 19.1 Å². The van der Waals surface area contributed by atoms with Crippen molar-refractivity contribution < 1.29 is 28.7 Å². The van der Waals surface area contributed by atoms with Crippen LogP contribution < -0.4 is 21.3 Å². The number of hydrogen-bond acceptors (Lipinski definition) is 6.